The highest BCUT2D eigenvalue weighted by Crippen LogP contribution is 2.34. The van der Waals surface area contributed by atoms with Crippen molar-refractivity contribution in [2.45, 2.75) is 39.5 Å². The molecule has 4 nitrogen and oxygen atoms in total. The summed E-state index contributed by atoms with van der Waals surface area (Å²) >= 11 is 1.73. The molecule has 0 aliphatic carbocycles. The number of hydrogen-bond acceptors (Lipinski definition) is 5. The summed E-state index contributed by atoms with van der Waals surface area (Å²) in [6.45, 7) is 4.52. The molecular weight excluding hydrogens is 313 g/mol. The van der Waals surface area contributed by atoms with E-state index < -0.39 is 0 Å². The van der Waals surface area contributed by atoms with Crippen LogP contribution in [0.5, 0.6) is 0 Å². The molecule has 0 aliphatic rings. The zero-order valence-electron chi connectivity index (χ0n) is 14.0. The van der Waals surface area contributed by atoms with Gasteiger partial charge in [0.2, 0.25) is 0 Å². The van der Waals surface area contributed by atoms with E-state index in [0.29, 0.717) is 13.0 Å². The molecule has 0 spiro atoms. The van der Waals surface area contributed by atoms with Crippen molar-refractivity contribution in [3.63, 3.8) is 0 Å². The Morgan fingerprint density at radius 1 is 1.43 bits per heavy atom. The first-order chi connectivity index (χ1) is 11.2. The van der Waals surface area contributed by atoms with E-state index in [1.165, 1.54) is 4.88 Å². The number of alkyl halides is 1. The van der Waals surface area contributed by atoms with Gasteiger partial charge in [0.25, 0.3) is 0 Å². The van der Waals surface area contributed by atoms with Crippen molar-refractivity contribution in [3.05, 3.63) is 28.5 Å². The monoisotopic (exact) mass is 337 g/mol. The van der Waals surface area contributed by atoms with E-state index in [1.54, 1.807) is 24.6 Å². The van der Waals surface area contributed by atoms with Crippen LogP contribution in [0.25, 0.3) is 10.2 Å². The quantitative estimate of drug-likeness (QED) is 0.535. The third-order valence-corrected chi connectivity index (χ3v) is 5.11. The summed E-state index contributed by atoms with van der Waals surface area (Å²) in [4.78, 5) is 1.27. The molecule has 0 atom stereocenters. The second-order valence-corrected chi connectivity index (χ2v) is 6.47. The third kappa shape index (κ3) is 4.41. The highest BCUT2D eigenvalue weighted by molar-refractivity contribution is 7.19. The van der Waals surface area contributed by atoms with Crippen molar-refractivity contribution in [1.82, 2.24) is 10.2 Å². The molecule has 23 heavy (non-hydrogen) atoms. The number of nitrogens with one attached hydrogen (secondary N) is 1. The molecule has 0 amide bonds. The van der Waals surface area contributed by atoms with Crippen LogP contribution in [0.15, 0.2) is 18.0 Å². The Balaban J connectivity index is 2.20. The Hall–Kier alpha value is -1.69. The van der Waals surface area contributed by atoms with Crippen LogP contribution in [-0.4, -0.2) is 30.5 Å². The van der Waals surface area contributed by atoms with E-state index in [2.05, 4.69) is 35.4 Å². The van der Waals surface area contributed by atoms with E-state index in [-0.39, 0.29) is 6.67 Å². The third-order valence-electron chi connectivity index (χ3n) is 3.74. The summed E-state index contributed by atoms with van der Waals surface area (Å²) in [7, 11) is 1.68. The van der Waals surface area contributed by atoms with Crippen molar-refractivity contribution < 1.29 is 9.13 Å². The minimum Gasteiger partial charge on any atom is -0.500 e. The van der Waals surface area contributed by atoms with Crippen molar-refractivity contribution in [1.29, 1.82) is 0 Å². The van der Waals surface area contributed by atoms with Gasteiger partial charge in [-0.25, -0.2) is 0 Å². The largest absolute Gasteiger partial charge is 0.500 e. The lowest BCUT2D eigenvalue weighted by molar-refractivity contribution is 0.288. The number of fused-ring (bicyclic) bond motifs is 1. The molecule has 2 aromatic rings. The molecule has 0 saturated carbocycles. The van der Waals surface area contributed by atoms with Crippen molar-refractivity contribution >= 4 is 27.2 Å². The molecule has 0 aliphatic heterocycles. The van der Waals surface area contributed by atoms with Gasteiger partial charge in [-0.3, -0.25) is 4.39 Å². The number of allylic oxidation sites excluding steroid dienone is 1. The lowest BCUT2D eigenvalue weighted by Gasteiger charge is -2.09. The van der Waals surface area contributed by atoms with Gasteiger partial charge in [-0.15, -0.1) is 16.4 Å². The lowest BCUT2D eigenvalue weighted by Crippen LogP contribution is -2.07. The Morgan fingerprint density at radius 2 is 2.26 bits per heavy atom. The molecule has 0 bridgehead atoms. The molecular formula is C17H24FN3OS. The SMILES string of the molecule is CC/C=C(/CNc1cnnc2c(C)c(CCCCF)sc12)OC. The number of halogens is 1. The summed E-state index contributed by atoms with van der Waals surface area (Å²) in [5, 5.41) is 11.8. The van der Waals surface area contributed by atoms with Crippen LogP contribution in [-0.2, 0) is 11.2 Å². The standard InChI is InChI=1S/C17H24FN3OS/c1-4-7-13(22-3)10-19-14-11-20-21-16-12(2)15(23-17(14)16)8-5-6-9-18/h7,11H,4-6,8-10H2,1-3H3,(H,19,21)/b13-7-. The highest BCUT2D eigenvalue weighted by atomic mass is 32.1. The zero-order valence-corrected chi connectivity index (χ0v) is 14.8. The first-order valence-corrected chi connectivity index (χ1v) is 8.79. The van der Waals surface area contributed by atoms with Gasteiger partial charge in [-0.1, -0.05) is 6.92 Å². The molecule has 0 saturated heterocycles. The van der Waals surface area contributed by atoms with Crippen LogP contribution < -0.4 is 5.32 Å². The number of unbranched alkanes of at least 4 members (excludes halogenated alkanes) is 1. The Labute approximate surface area is 140 Å². The predicted octanol–water partition coefficient (Wildman–Crippen LogP) is 4.64. The molecule has 2 aromatic heterocycles. The number of aromatic nitrogens is 2. The summed E-state index contributed by atoms with van der Waals surface area (Å²) in [6.07, 6.45) is 7.13. The maximum Gasteiger partial charge on any atom is 0.111 e. The molecule has 0 unspecified atom stereocenters. The zero-order chi connectivity index (χ0) is 16.7. The van der Waals surface area contributed by atoms with Gasteiger partial charge in [0.1, 0.15) is 11.3 Å². The minimum absolute atomic E-state index is 0.250. The second-order valence-electron chi connectivity index (χ2n) is 5.37. The lowest BCUT2D eigenvalue weighted by atomic mass is 10.1. The number of rotatable bonds is 9. The fraction of sp³-hybridized carbons (Fsp3) is 0.529. The molecule has 2 rings (SSSR count). The molecule has 0 aromatic carbocycles. The first-order valence-electron chi connectivity index (χ1n) is 7.97. The fourth-order valence-corrected chi connectivity index (χ4v) is 3.71. The van der Waals surface area contributed by atoms with Crippen molar-refractivity contribution in [2.24, 2.45) is 0 Å². The average molecular weight is 337 g/mol. The Bertz CT molecular complexity index is 669. The average Bonchev–Trinajstić information content (AvgIpc) is 2.89. The number of nitrogens with zero attached hydrogens (tertiary/aromatic N) is 2. The number of methoxy groups -OCH3 is 1. The molecule has 2 heterocycles. The van der Waals surface area contributed by atoms with E-state index in [0.717, 1.165) is 46.5 Å². The normalized spacial score (nSPS) is 11.9. The smallest absolute Gasteiger partial charge is 0.111 e. The first kappa shape index (κ1) is 17.7. The number of anilines is 1. The molecule has 6 heteroatoms. The van der Waals surface area contributed by atoms with Gasteiger partial charge in [-0.2, -0.15) is 5.10 Å². The van der Waals surface area contributed by atoms with E-state index >= 15 is 0 Å². The molecule has 126 valence electrons. The predicted molar refractivity (Wildman–Crippen MR) is 94.9 cm³/mol. The maximum atomic E-state index is 12.3. The van der Waals surface area contributed by atoms with E-state index in [9.17, 15) is 4.39 Å². The van der Waals surface area contributed by atoms with Crippen LogP contribution in [0.4, 0.5) is 10.1 Å². The van der Waals surface area contributed by atoms with Gasteiger partial charge in [0, 0.05) is 4.88 Å². The van der Waals surface area contributed by atoms with Crippen LogP contribution >= 0.6 is 11.3 Å². The fourth-order valence-electron chi connectivity index (χ4n) is 2.44. The van der Waals surface area contributed by atoms with Gasteiger partial charge in [-0.05, 0) is 44.2 Å². The van der Waals surface area contributed by atoms with Crippen molar-refractivity contribution in [3.8, 4) is 0 Å². The Morgan fingerprint density at radius 3 is 2.96 bits per heavy atom. The topological polar surface area (TPSA) is 47.0 Å². The molecule has 0 fully saturated rings. The summed E-state index contributed by atoms with van der Waals surface area (Å²) in [5.41, 5.74) is 3.07. The second kappa shape index (κ2) is 8.82. The highest BCUT2D eigenvalue weighted by Gasteiger charge is 2.13. The van der Waals surface area contributed by atoms with Gasteiger partial charge < -0.3 is 10.1 Å². The summed E-state index contributed by atoms with van der Waals surface area (Å²) < 4.78 is 18.8. The van der Waals surface area contributed by atoms with Crippen LogP contribution in [0.1, 0.15) is 36.6 Å². The van der Waals surface area contributed by atoms with E-state index in [1.807, 2.05) is 0 Å². The summed E-state index contributed by atoms with van der Waals surface area (Å²) in [5.74, 6) is 0.911. The van der Waals surface area contributed by atoms with Crippen molar-refractivity contribution in [2.75, 3.05) is 25.6 Å². The van der Waals surface area contributed by atoms with E-state index in [4.69, 9.17) is 4.74 Å². The van der Waals surface area contributed by atoms with Crippen LogP contribution in [0, 0.1) is 6.92 Å². The van der Waals surface area contributed by atoms with Gasteiger partial charge >= 0.3 is 0 Å². The number of aryl methyl sites for hydroxylation is 2. The molecule has 1 N–H and O–H groups in total. The maximum absolute atomic E-state index is 12.3. The number of ether oxygens (including phenoxy) is 1. The van der Waals surface area contributed by atoms with Gasteiger partial charge in [0.05, 0.1) is 36.9 Å². The van der Waals surface area contributed by atoms with Crippen LogP contribution in [0.3, 0.4) is 0 Å². The Kier molecular flexibility index (Phi) is 6.77. The summed E-state index contributed by atoms with van der Waals surface area (Å²) in [6, 6.07) is 0. The van der Waals surface area contributed by atoms with Crippen LogP contribution in [0.2, 0.25) is 0 Å². The minimum atomic E-state index is -0.250. The number of thiophene rings is 1. The van der Waals surface area contributed by atoms with Gasteiger partial charge in [0.15, 0.2) is 0 Å². The molecule has 0 radical (unpaired) electrons. The number of hydrogen-bond donors (Lipinski definition) is 1.